The van der Waals surface area contributed by atoms with E-state index in [-0.39, 0.29) is 11.8 Å². The van der Waals surface area contributed by atoms with E-state index in [1.165, 1.54) is 11.8 Å². The third-order valence-electron chi connectivity index (χ3n) is 4.39. The molecule has 0 radical (unpaired) electrons. The maximum atomic E-state index is 12.1. The normalized spacial score (nSPS) is 15.6. The minimum Gasteiger partial charge on any atom is -0.467 e. The number of nitrogens with zero attached hydrogens (tertiary/aromatic N) is 3. The molecule has 1 aromatic heterocycles. The summed E-state index contributed by atoms with van der Waals surface area (Å²) in [6, 6.07) is 10.9. The molecule has 2 aromatic rings. The fourth-order valence-electron chi connectivity index (χ4n) is 2.78. The number of carbonyl (C=O) groups is 2. The maximum absolute atomic E-state index is 12.1. The molecule has 3 rings (SSSR count). The molecule has 148 valence electrons. The van der Waals surface area contributed by atoms with Crippen molar-refractivity contribution in [3.63, 3.8) is 0 Å². The van der Waals surface area contributed by atoms with Crippen molar-refractivity contribution in [2.75, 3.05) is 30.7 Å². The molecular formula is C20H24N4O3S. The number of rotatable bonds is 8. The minimum absolute atomic E-state index is 0.0143. The summed E-state index contributed by atoms with van der Waals surface area (Å²) in [5.74, 6) is 1.07. The van der Waals surface area contributed by atoms with E-state index in [1.54, 1.807) is 17.2 Å². The van der Waals surface area contributed by atoms with Crippen LogP contribution in [0, 0.1) is 0 Å². The highest BCUT2D eigenvalue weighted by Crippen LogP contribution is 2.26. The largest absolute Gasteiger partial charge is 0.467 e. The van der Waals surface area contributed by atoms with Crippen LogP contribution >= 0.6 is 11.8 Å². The number of nitrogens with one attached hydrogen (secondary N) is 1. The highest BCUT2D eigenvalue weighted by molar-refractivity contribution is 8.15. The lowest BCUT2D eigenvalue weighted by atomic mass is 10.3. The van der Waals surface area contributed by atoms with Gasteiger partial charge < -0.3 is 9.73 Å². The Hall–Kier alpha value is -2.58. The number of anilines is 1. The summed E-state index contributed by atoms with van der Waals surface area (Å²) >= 11 is 1.41. The summed E-state index contributed by atoms with van der Waals surface area (Å²) in [6.45, 7) is 6.49. The Morgan fingerprint density at radius 1 is 1.25 bits per heavy atom. The standard InChI is InChI=1S/C20H24N4O3S/c1-3-23(4-2)13-18(25)21-15-7-9-16(10-8-15)22-20-24(19(26)14-28-20)12-17-6-5-11-27-17/h5-11H,3-4,12-14H2,1-2H3,(H,21,25). The Kier molecular flexibility index (Phi) is 6.89. The summed E-state index contributed by atoms with van der Waals surface area (Å²) in [5.41, 5.74) is 1.45. The first-order valence-electron chi connectivity index (χ1n) is 9.25. The molecule has 8 heteroatoms. The van der Waals surface area contributed by atoms with Crippen LogP contribution in [0.15, 0.2) is 52.1 Å². The zero-order chi connectivity index (χ0) is 19.9. The second-order valence-electron chi connectivity index (χ2n) is 6.30. The lowest BCUT2D eigenvalue weighted by molar-refractivity contribution is -0.124. The van der Waals surface area contributed by atoms with Gasteiger partial charge in [-0.2, -0.15) is 0 Å². The van der Waals surface area contributed by atoms with Gasteiger partial charge in [-0.1, -0.05) is 25.6 Å². The Bertz CT molecular complexity index is 830. The van der Waals surface area contributed by atoms with Crippen LogP contribution in [0.25, 0.3) is 0 Å². The average Bonchev–Trinajstić information content (AvgIpc) is 3.33. The van der Waals surface area contributed by atoms with Gasteiger partial charge in [0.15, 0.2) is 5.17 Å². The monoisotopic (exact) mass is 400 g/mol. The first-order valence-corrected chi connectivity index (χ1v) is 10.2. The van der Waals surface area contributed by atoms with Gasteiger partial charge >= 0.3 is 0 Å². The van der Waals surface area contributed by atoms with Crippen LogP contribution in [0.5, 0.6) is 0 Å². The number of thioether (sulfide) groups is 1. The molecule has 1 aliphatic heterocycles. The van der Waals surface area contributed by atoms with E-state index in [1.807, 2.05) is 44.2 Å². The summed E-state index contributed by atoms with van der Waals surface area (Å²) in [5, 5.41) is 3.55. The van der Waals surface area contributed by atoms with Crippen LogP contribution in [0.3, 0.4) is 0 Å². The molecular weight excluding hydrogens is 376 g/mol. The highest BCUT2D eigenvalue weighted by atomic mass is 32.2. The van der Waals surface area contributed by atoms with Crippen LogP contribution in [0.4, 0.5) is 11.4 Å². The third-order valence-corrected chi connectivity index (χ3v) is 5.35. The smallest absolute Gasteiger partial charge is 0.239 e. The van der Waals surface area contributed by atoms with Gasteiger partial charge in [-0.3, -0.25) is 19.4 Å². The van der Waals surface area contributed by atoms with Crippen LogP contribution in [0.1, 0.15) is 19.6 Å². The summed E-state index contributed by atoms with van der Waals surface area (Å²) in [7, 11) is 0. The number of likely N-dealkylation sites (N-methyl/N-ethyl adjacent to an activating group) is 1. The van der Waals surface area contributed by atoms with Gasteiger partial charge in [-0.05, 0) is 49.5 Å². The Morgan fingerprint density at radius 3 is 2.64 bits per heavy atom. The van der Waals surface area contributed by atoms with E-state index in [4.69, 9.17) is 4.42 Å². The fraction of sp³-hybridized carbons (Fsp3) is 0.350. The molecule has 0 saturated carbocycles. The number of hydrogen-bond acceptors (Lipinski definition) is 6. The molecule has 0 spiro atoms. The van der Waals surface area contributed by atoms with E-state index in [0.29, 0.717) is 24.0 Å². The van der Waals surface area contributed by atoms with E-state index in [0.717, 1.165) is 30.2 Å². The van der Waals surface area contributed by atoms with Crippen LogP contribution in [-0.4, -0.2) is 52.2 Å². The van der Waals surface area contributed by atoms with E-state index in [2.05, 4.69) is 15.2 Å². The van der Waals surface area contributed by atoms with Crippen molar-refractivity contribution < 1.29 is 14.0 Å². The third kappa shape index (κ3) is 5.24. The molecule has 0 aliphatic carbocycles. The molecule has 0 bridgehead atoms. The van der Waals surface area contributed by atoms with Gasteiger partial charge in [0.2, 0.25) is 11.8 Å². The number of furan rings is 1. The first kappa shape index (κ1) is 20.2. The predicted octanol–water partition coefficient (Wildman–Crippen LogP) is 3.32. The zero-order valence-electron chi connectivity index (χ0n) is 16.1. The molecule has 28 heavy (non-hydrogen) atoms. The van der Waals surface area contributed by atoms with Crippen molar-refractivity contribution in [3.8, 4) is 0 Å². The summed E-state index contributed by atoms with van der Waals surface area (Å²) < 4.78 is 5.34. The quantitative estimate of drug-likeness (QED) is 0.735. The van der Waals surface area contributed by atoms with Crippen molar-refractivity contribution in [1.82, 2.24) is 9.80 Å². The van der Waals surface area contributed by atoms with Crippen molar-refractivity contribution in [2.45, 2.75) is 20.4 Å². The van der Waals surface area contributed by atoms with Gasteiger partial charge in [0, 0.05) is 5.69 Å². The van der Waals surface area contributed by atoms with Crippen molar-refractivity contribution in [2.24, 2.45) is 4.99 Å². The number of hydrogen-bond donors (Lipinski definition) is 1. The minimum atomic E-state index is -0.0377. The van der Waals surface area contributed by atoms with Crippen molar-refractivity contribution >= 4 is 40.1 Å². The lowest BCUT2D eigenvalue weighted by Gasteiger charge is -2.17. The topological polar surface area (TPSA) is 78.2 Å². The first-order chi connectivity index (χ1) is 13.6. The van der Waals surface area contributed by atoms with Crippen molar-refractivity contribution in [3.05, 3.63) is 48.4 Å². The maximum Gasteiger partial charge on any atom is 0.239 e. The molecule has 0 unspecified atom stereocenters. The number of amidine groups is 1. The van der Waals surface area contributed by atoms with Crippen LogP contribution in [0.2, 0.25) is 0 Å². The van der Waals surface area contributed by atoms with Gasteiger partial charge in [0.1, 0.15) is 5.76 Å². The van der Waals surface area contributed by atoms with Gasteiger partial charge in [0.05, 0.1) is 30.8 Å². The van der Waals surface area contributed by atoms with Crippen molar-refractivity contribution in [1.29, 1.82) is 0 Å². The summed E-state index contributed by atoms with van der Waals surface area (Å²) in [6.07, 6.45) is 1.59. The highest BCUT2D eigenvalue weighted by Gasteiger charge is 2.28. The Balaban J connectivity index is 1.64. The molecule has 0 atom stereocenters. The molecule has 2 amide bonds. The molecule has 1 N–H and O–H groups in total. The second kappa shape index (κ2) is 9.57. The van der Waals surface area contributed by atoms with Crippen LogP contribution in [-0.2, 0) is 16.1 Å². The average molecular weight is 401 g/mol. The van der Waals surface area contributed by atoms with Gasteiger partial charge in [-0.25, -0.2) is 4.99 Å². The molecule has 2 heterocycles. The fourth-order valence-corrected chi connectivity index (χ4v) is 3.68. The van der Waals surface area contributed by atoms with Gasteiger partial charge in [-0.15, -0.1) is 0 Å². The molecule has 1 aromatic carbocycles. The van der Waals surface area contributed by atoms with E-state index in [9.17, 15) is 9.59 Å². The Morgan fingerprint density at radius 2 is 2.00 bits per heavy atom. The second-order valence-corrected chi connectivity index (χ2v) is 7.24. The summed E-state index contributed by atoms with van der Waals surface area (Å²) in [4.78, 5) is 32.5. The van der Waals surface area contributed by atoms with E-state index >= 15 is 0 Å². The number of aliphatic imine (C=N–C) groups is 1. The van der Waals surface area contributed by atoms with Crippen LogP contribution < -0.4 is 5.32 Å². The number of benzene rings is 1. The number of carbonyl (C=O) groups excluding carboxylic acids is 2. The molecule has 1 aliphatic rings. The number of amides is 2. The SMILES string of the molecule is CCN(CC)CC(=O)Nc1ccc(N=C2SCC(=O)N2Cc2ccco2)cc1. The molecule has 1 saturated heterocycles. The zero-order valence-corrected chi connectivity index (χ0v) is 16.9. The predicted molar refractivity (Wildman–Crippen MR) is 112 cm³/mol. The lowest BCUT2D eigenvalue weighted by Crippen LogP contribution is -2.32. The van der Waals surface area contributed by atoms with Gasteiger partial charge in [0.25, 0.3) is 0 Å². The molecule has 7 nitrogen and oxygen atoms in total. The van der Waals surface area contributed by atoms with E-state index < -0.39 is 0 Å². The molecule has 1 fully saturated rings. The Labute approximate surface area is 168 Å².